The summed E-state index contributed by atoms with van der Waals surface area (Å²) in [7, 11) is -2.15. The Morgan fingerprint density at radius 2 is 1.35 bits per heavy atom. The highest BCUT2D eigenvalue weighted by Crippen LogP contribution is 2.45. The number of hydrogen-bond donors (Lipinski definition) is 1. The lowest BCUT2D eigenvalue weighted by molar-refractivity contribution is 0.0989. The molecule has 4 nitrogen and oxygen atoms in total. The van der Waals surface area contributed by atoms with Crippen LogP contribution in [0.15, 0.2) is 102 Å². The van der Waals surface area contributed by atoms with Gasteiger partial charge >= 0.3 is 0 Å². The minimum Gasteiger partial charge on any atom is -0.543 e. The number of phenols is 1. The number of carbonyl (C=O) groups is 1. The maximum atomic E-state index is 15.4. The van der Waals surface area contributed by atoms with E-state index in [9.17, 15) is 9.90 Å². The third-order valence-electron chi connectivity index (χ3n) is 7.96. The molecule has 0 aromatic heterocycles. The van der Waals surface area contributed by atoms with E-state index in [0.717, 1.165) is 23.1 Å². The van der Waals surface area contributed by atoms with Gasteiger partial charge in [0, 0.05) is 17.7 Å². The maximum absolute atomic E-state index is 15.4. The van der Waals surface area contributed by atoms with Crippen molar-refractivity contribution in [2.75, 3.05) is 0 Å². The number of thioether (sulfide) groups is 1. The van der Waals surface area contributed by atoms with Crippen LogP contribution in [0.4, 0.5) is 4.39 Å². The summed E-state index contributed by atoms with van der Waals surface area (Å²) in [6, 6.07) is 28.7. The number of ketones is 1. The van der Waals surface area contributed by atoms with Gasteiger partial charge in [-0.1, -0.05) is 102 Å². The molecule has 0 spiro atoms. The summed E-state index contributed by atoms with van der Waals surface area (Å²) in [6.07, 6.45) is 0. The van der Waals surface area contributed by atoms with Crippen molar-refractivity contribution in [3.63, 3.8) is 0 Å². The molecule has 0 aliphatic rings. The van der Waals surface area contributed by atoms with E-state index in [-0.39, 0.29) is 28.8 Å². The van der Waals surface area contributed by atoms with Gasteiger partial charge in [0.15, 0.2) is 5.78 Å². The van der Waals surface area contributed by atoms with Crippen LogP contribution in [-0.4, -0.2) is 19.2 Å². The average molecular weight is 617 g/mol. The number of halogens is 1. The summed E-state index contributed by atoms with van der Waals surface area (Å²) >= 11 is 0.993. The Hall–Kier alpha value is -3.55. The van der Waals surface area contributed by atoms with Crippen molar-refractivity contribution in [2.45, 2.75) is 74.9 Å². The van der Waals surface area contributed by atoms with Gasteiger partial charge < -0.3 is 14.3 Å². The topological polar surface area (TPSA) is 55.8 Å². The van der Waals surface area contributed by atoms with Crippen molar-refractivity contribution >= 4 is 25.9 Å². The van der Waals surface area contributed by atoms with Gasteiger partial charge in [-0.3, -0.25) is 4.79 Å². The van der Waals surface area contributed by atoms with E-state index >= 15 is 4.39 Å². The molecule has 0 radical (unpaired) electrons. The summed E-state index contributed by atoms with van der Waals surface area (Å²) in [5.41, 5.74) is 3.40. The van der Waals surface area contributed by atoms with Crippen molar-refractivity contribution < 1.29 is 23.5 Å². The molecule has 0 fully saturated rings. The molecule has 0 amide bonds. The fourth-order valence-corrected chi connectivity index (χ4v) is 12.3. The molecule has 1 N–H and O–H groups in total. The first kappa shape index (κ1) is 32.4. The van der Waals surface area contributed by atoms with Crippen LogP contribution in [-0.2, 0) is 6.61 Å². The Labute approximate surface area is 260 Å². The molecule has 4 aromatic carbocycles. The number of phenolic OH excluding ortho intramolecular Hbond substituents is 1. The predicted octanol–water partition coefficient (Wildman–Crippen LogP) is 10.4. The van der Waals surface area contributed by atoms with E-state index in [4.69, 9.17) is 9.16 Å². The number of rotatable bonds is 13. The van der Waals surface area contributed by atoms with Gasteiger partial charge in [0.2, 0.25) is 0 Å². The van der Waals surface area contributed by atoms with Crippen LogP contribution in [0.2, 0.25) is 16.6 Å². The molecule has 0 aliphatic carbocycles. The Bertz CT molecular complexity index is 1450. The zero-order valence-corrected chi connectivity index (χ0v) is 27.5. The standard InChI is InChI=1S/C36H41FO4SSi/c1-24(2)43(25(3)4,26(5)6)41-30-19-17-28(18-20-30)34(39)35(29-15-11-8-12-16-29)42-36-32(37)21-31(22-33(36)38)40-23-27-13-9-7-10-14-27/h7-22,24-26,35,38H,23H2,1-6H3. The molecule has 0 aliphatic heterocycles. The second kappa shape index (κ2) is 14.3. The van der Waals surface area contributed by atoms with Gasteiger partial charge in [0.25, 0.3) is 8.32 Å². The van der Waals surface area contributed by atoms with E-state index in [1.165, 1.54) is 12.1 Å². The number of hydrogen-bond acceptors (Lipinski definition) is 5. The number of carbonyl (C=O) groups excluding carboxylic acids is 1. The molecule has 4 aromatic rings. The lowest BCUT2D eigenvalue weighted by atomic mass is 10.0. The largest absolute Gasteiger partial charge is 0.543 e. The van der Waals surface area contributed by atoms with Gasteiger partial charge in [-0.25, -0.2) is 4.39 Å². The quantitative estimate of drug-likeness (QED) is 0.0920. The molecule has 43 heavy (non-hydrogen) atoms. The van der Waals surface area contributed by atoms with Crippen molar-refractivity contribution in [3.8, 4) is 17.2 Å². The highest BCUT2D eigenvalue weighted by molar-refractivity contribution is 8.00. The van der Waals surface area contributed by atoms with Crippen LogP contribution in [0.25, 0.3) is 0 Å². The van der Waals surface area contributed by atoms with Gasteiger partial charge in [-0.2, -0.15) is 0 Å². The molecule has 0 heterocycles. The average Bonchev–Trinajstić information content (AvgIpc) is 2.99. The van der Waals surface area contributed by atoms with Crippen LogP contribution in [0.1, 0.15) is 68.3 Å². The first-order chi connectivity index (χ1) is 20.5. The molecule has 7 heteroatoms. The second-order valence-corrected chi connectivity index (χ2v) is 18.2. The highest BCUT2D eigenvalue weighted by Gasteiger charge is 2.47. The van der Waals surface area contributed by atoms with Gasteiger partial charge in [-0.15, -0.1) is 11.8 Å². The smallest absolute Gasteiger partial charge is 0.258 e. The molecule has 1 unspecified atom stereocenters. The third-order valence-corrected chi connectivity index (χ3v) is 15.3. The minimum absolute atomic E-state index is 0.00389. The second-order valence-electron chi connectivity index (χ2n) is 11.7. The van der Waals surface area contributed by atoms with E-state index in [1.54, 1.807) is 12.1 Å². The Morgan fingerprint density at radius 1 is 0.791 bits per heavy atom. The van der Waals surface area contributed by atoms with Crippen LogP contribution >= 0.6 is 11.8 Å². The van der Waals surface area contributed by atoms with Crippen molar-refractivity contribution in [1.29, 1.82) is 0 Å². The summed E-state index contributed by atoms with van der Waals surface area (Å²) < 4.78 is 27.9. The Balaban J connectivity index is 1.59. The molecule has 1 atom stereocenters. The molecule has 4 rings (SSSR count). The van der Waals surface area contributed by atoms with Gasteiger partial charge in [0.05, 0.1) is 10.1 Å². The SMILES string of the molecule is CC(C)[Si](Oc1ccc(C(=O)C(Sc2c(O)cc(OCc3ccccc3)cc2F)c2ccccc2)cc1)(C(C)C)C(C)C. The molecule has 0 bridgehead atoms. The molecular weight excluding hydrogens is 576 g/mol. The van der Waals surface area contributed by atoms with E-state index in [1.807, 2.05) is 72.8 Å². The molecule has 0 saturated carbocycles. The number of aromatic hydroxyl groups is 1. The summed E-state index contributed by atoms with van der Waals surface area (Å²) in [4.78, 5) is 13.9. The highest BCUT2D eigenvalue weighted by atomic mass is 32.2. The van der Waals surface area contributed by atoms with Crippen molar-refractivity contribution in [3.05, 3.63) is 120 Å². The molecular formula is C36H41FO4SSi. The van der Waals surface area contributed by atoms with Crippen molar-refractivity contribution in [2.24, 2.45) is 0 Å². The van der Waals surface area contributed by atoms with E-state index in [2.05, 4.69) is 41.5 Å². The maximum Gasteiger partial charge on any atom is 0.258 e. The van der Waals surface area contributed by atoms with E-state index in [0.29, 0.717) is 27.8 Å². The Morgan fingerprint density at radius 3 is 1.88 bits per heavy atom. The van der Waals surface area contributed by atoms with E-state index < -0.39 is 19.4 Å². The summed E-state index contributed by atoms with van der Waals surface area (Å²) in [6.45, 7) is 13.7. The summed E-state index contributed by atoms with van der Waals surface area (Å²) in [5, 5.41) is 10.1. The normalized spacial score (nSPS) is 12.5. The van der Waals surface area contributed by atoms with Crippen LogP contribution in [0.5, 0.6) is 17.2 Å². The van der Waals surface area contributed by atoms with Gasteiger partial charge in [0.1, 0.15) is 29.7 Å². The first-order valence-corrected chi connectivity index (χ1v) is 17.8. The predicted molar refractivity (Wildman–Crippen MR) is 176 cm³/mol. The van der Waals surface area contributed by atoms with Crippen LogP contribution in [0.3, 0.4) is 0 Å². The number of benzene rings is 4. The lowest BCUT2D eigenvalue weighted by Gasteiger charge is -2.42. The fraction of sp³-hybridized carbons (Fsp3) is 0.306. The van der Waals surface area contributed by atoms with Gasteiger partial charge in [-0.05, 0) is 52.0 Å². The minimum atomic E-state index is -2.15. The summed E-state index contributed by atoms with van der Waals surface area (Å²) in [5.74, 6) is -0.139. The monoisotopic (exact) mass is 616 g/mol. The first-order valence-electron chi connectivity index (χ1n) is 14.8. The van der Waals surface area contributed by atoms with Crippen molar-refractivity contribution in [1.82, 2.24) is 0 Å². The van der Waals surface area contributed by atoms with Crippen LogP contribution < -0.4 is 9.16 Å². The zero-order chi connectivity index (χ0) is 31.1. The zero-order valence-electron chi connectivity index (χ0n) is 25.7. The number of Topliss-reactive ketones (excluding diaryl/α,β-unsaturated/α-hetero) is 1. The fourth-order valence-electron chi connectivity index (χ4n) is 5.91. The number of ether oxygens (including phenoxy) is 1. The molecule has 226 valence electrons. The van der Waals surface area contributed by atoms with Crippen LogP contribution in [0, 0.1) is 5.82 Å². The third kappa shape index (κ3) is 7.51. The Kier molecular flexibility index (Phi) is 10.7. The lowest BCUT2D eigenvalue weighted by Crippen LogP contribution is -2.50. The molecule has 0 saturated heterocycles.